The lowest BCUT2D eigenvalue weighted by molar-refractivity contribution is -0.119. The number of carbonyl (C=O) groups is 2. The molecule has 0 spiro atoms. The minimum absolute atomic E-state index is 0.191. The van der Waals surface area contributed by atoms with Crippen molar-refractivity contribution in [3.63, 3.8) is 0 Å². The molecule has 0 bridgehead atoms. The Bertz CT molecular complexity index is 577. The van der Waals surface area contributed by atoms with Gasteiger partial charge in [-0.05, 0) is 46.1 Å². The summed E-state index contributed by atoms with van der Waals surface area (Å²) < 4.78 is 0. The van der Waals surface area contributed by atoms with Crippen molar-refractivity contribution in [2.45, 2.75) is 69.8 Å². The third-order valence-corrected chi connectivity index (χ3v) is 5.15. The zero-order chi connectivity index (χ0) is 17.0. The van der Waals surface area contributed by atoms with Gasteiger partial charge in [0.25, 0.3) is 0 Å². The van der Waals surface area contributed by atoms with Gasteiger partial charge in [0.05, 0.1) is 5.25 Å². The molecule has 3 amide bonds. The molecule has 1 aromatic rings. The maximum atomic E-state index is 12.1. The van der Waals surface area contributed by atoms with Crippen LogP contribution >= 0.6 is 11.8 Å². The summed E-state index contributed by atoms with van der Waals surface area (Å²) in [6.07, 6.45) is 4.24. The third-order valence-electron chi connectivity index (χ3n) is 4.19. The number of rotatable bonds is 4. The number of amides is 3. The average molecular weight is 336 g/mol. The summed E-state index contributed by atoms with van der Waals surface area (Å²) in [5, 5.41) is 5.37. The number of aromatic nitrogens is 2. The lowest BCUT2D eigenvalue weighted by Gasteiger charge is -2.15. The molecule has 1 aliphatic carbocycles. The van der Waals surface area contributed by atoms with Gasteiger partial charge in [-0.15, -0.1) is 0 Å². The summed E-state index contributed by atoms with van der Waals surface area (Å²) in [5.74, 6) is -0.329. The number of nitrogens with one attached hydrogen (secondary N) is 2. The molecule has 6 nitrogen and oxygen atoms in total. The highest BCUT2D eigenvalue weighted by molar-refractivity contribution is 8.00. The number of hydrogen-bond acceptors (Lipinski definition) is 5. The highest BCUT2D eigenvalue weighted by atomic mass is 32.2. The Morgan fingerprint density at radius 1 is 1.13 bits per heavy atom. The molecule has 2 N–H and O–H groups in total. The second-order valence-corrected chi connectivity index (χ2v) is 7.31. The van der Waals surface area contributed by atoms with E-state index in [4.69, 9.17) is 0 Å². The first-order valence-corrected chi connectivity index (χ1v) is 8.84. The van der Waals surface area contributed by atoms with Gasteiger partial charge in [0.15, 0.2) is 5.16 Å². The van der Waals surface area contributed by atoms with Gasteiger partial charge in [-0.1, -0.05) is 24.6 Å². The van der Waals surface area contributed by atoms with E-state index in [1.165, 1.54) is 11.8 Å². The number of nitrogens with zero attached hydrogens (tertiary/aromatic N) is 2. The first-order valence-electron chi connectivity index (χ1n) is 7.96. The summed E-state index contributed by atoms with van der Waals surface area (Å²) in [5.41, 5.74) is 2.88. The predicted octanol–water partition coefficient (Wildman–Crippen LogP) is 2.65. The second-order valence-electron chi connectivity index (χ2n) is 6.01. The van der Waals surface area contributed by atoms with Gasteiger partial charge < -0.3 is 5.32 Å². The van der Waals surface area contributed by atoms with Gasteiger partial charge in [0.2, 0.25) is 5.91 Å². The third kappa shape index (κ3) is 4.92. The molecule has 0 unspecified atom stereocenters. The van der Waals surface area contributed by atoms with Crippen LogP contribution in [0.5, 0.6) is 0 Å². The first kappa shape index (κ1) is 17.7. The Labute approximate surface area is 141 Å². The average Bonchev–Trinajstić information content (AvgIpc) is 2.97. The Morgan fingerprint density at radius 3 is 2.26 bits per heavy atom. The summed E-state index contributed by atoms with van der Waals surface area (Å²) in [6.45, 7) is 7.57. The lowest BCUT2D eigenvalue weighted by Crippen LogP contribution is -2.45. The van der Waals surface area contributed by atoms with E-state index in [9.17, 15) is 9.59 Å². The molecule has 23 heavy (non-hydrogen) atoms. The van der Waals surface area contributed by atoms with Gasteiger partial charge in [-0.25, -0.2) is 14.8 Å². The van der Waals surface area contributed by atoms with Crippen molar-refractivity contribution in [3.8, 4) is 0 Å². The number of carbonyl (C=O) groups excluding carboxylic acids is 2. The van der Waals surface area contributed by atoms with Crippen LogP contribution in [-0.2, 0) is 4.79 Å². The molecule has 126 valence electrons. The van der Waals surface area contributed by atoms with Crippen molar-refractivity contribution >= 4 is 23.7 Å². The number of thioether (sulfide) groups is 1. The fraction of sp³-hybridized carbons (Fsp3) is 0.625. The highest BCUT2D eigenvalue weighted by Gasteiger charge is 2.22. The van der Waals surface area contributed by atoms with Gasteiger partial charge in [0, 0.05) is 17.4 Å². The number of imide groups is 1. The van der Waals surface area contributed by atoms with Crippen LogP contribution in [0.2, 0.25) is 0 Å². The van der Waals surface area contributed by atoms with Gasteiger partial charge >= 0.3 is 6.03 Å². The molecule has 0 saturated heterocycles. The second kappa shape index (κ2) is 7.77. The minimum atomic E-state index is -0.439. The van der Waals surface area contributed by atoms with E-state index in [0.717, 1.165) is 42.6 Å². The topological polar surface area (TPSA) is 84.0 Å². The van der Waals surface area contributed by atoms with Gasteiger partial charge in [-0.3, -0.25) is 10.1 Å². The van der Waals surface area contributed by atoms with E-state index in [0.29, 0.717) is 5.16 Å². The first-order chi connectivity index (χ1) is 10.9. The van der Waals surface area contributed by atoms with Crippen molar-refractivity contribution in [2.24, 2.45) is 0 Å². The number of aryl methyl sites for hydroxylation is 2. The number of hydrogen-bond donors (Lipinski definition) is 2. The largest absolute Gasteiger partial charge is 0.335 e. The van der Waals surface area contributed by atoms with Crippen molar-refractivity contribution < 1.29 is 9.59 Å². The van der Waals surface area contributed by atoms with E-state index in [1.54, 1.807) is 6.92 Å². The summed E-state index contributed by atoms with van der Waals surface area (Å²) in [6, 6.07) is -0.219. The lowest BCUT2D eigenvalue weighted by atomic mass is 10.2. The molecule has 1 fully saturated rings. The molecule has 1 atom stereocenters. The molecule has 2 rings (SSSR count). The van der Waals surface area contributed by atoms with Crippen LogP contribution in [0, 0.1) is 20.8 Å². The molecule has 0 aliphatic heterocycles. The van der Waals surface area contributed by atoms with Crippen LogP contribution in [0.25, 0.3) is 0 Å². The van der Waals surface area contributed by atoms with E-state index in [-0.39, 0.29) is 11.9 Å². The minimum Gasteiger partial charge on any atom is -0.335 e. The summed E-state index contributed by atoms with van der Waals surface area (Å²) >= 11 is 1.26. The van der Waals surface area contributed by atoms with E-state index < -0.39 is 11.3 Å². The van der Waals surface area contributed by atoms with E-state index >= 15 is 0 Å². The van der Waals surface area contributed by atoms with Crippen molar-refractivity contribution in [1.82, 2.24) is 20.6 Å². The molecule has 1 aliphatic rings. The monoisotopic (exact) mass is 336 g/mol. The molecular weight excluding hydrogens is 312 g/mol. The zero-order valence-electron chi connectivity index (χ0n) is 14.1. The quantitative estimate of drug-likeness (QED) is 0.652. The molecular formula is C16H24N4O2S. The maximum Gasteiger partial charge on any atom is 0.321 e. The van der Waals surface area contributed by atoms with Crippen molar-refractivity contribution in [2.75, 3.05) is 0 Å². The fourth-order valence-corrected chi connectivity index (χ4v) is 3.37. The van der Waals surface area contributed by atoms with Crippen LogP contribution in [0.4, 0.5) is 4.79 Å². The maximum absolute atomic E-state index is 12.1. The van der Waals surface area contributed by atoms with Crippen molar-refractivity contribution in [3.05, 3.63) is 17.0 Å². The van der Waals surface area contributed by atoms with Crippen LogP contribution in [0.1, 0.15) is 49.6 Å². The number of urea groups is 1. The van der Waals surface area contributed by atoms with Gasteiger partial charge in [0.1, 0.15) is 0 Å². The molecule has 1 aromatic heterocycles. The molecule has 1 saturated carbocycles. The van der Waals surface area contributed by atoms with Crippen molar-refractivity contribution in [1.29, 1.82) is 0 Å². The van der Waals surface area contributed by atoms with Crippen LogP contribution in [0.15, 0.2) is 5.16 Å². The Balaban J connectivity index is 1.88. The fourth-order valence-electron chi connectivity index (χ4n) is 2.51. The van der Waals surface area contributed by atoms with E-state index in [1.807, 2.05) is 20.8 Å². The predicted molar refractivity (Wildman–Crippen MR) is 90.5 cm³/mol. The smallest absolute Gasteiger partial charge is 0.321 e. The SMILES string of the molecule is Cc1nc(S[C@H](C)C(=O)NC(=O)NC2CCCC2)nc(C)c1C. The zero-order valence-corrected chi connectivity index (χ0v) is 14.9. The molecule has 7 heteroatoms. The molecule has 0 radical (unpaired) electrons. The Morgan fingerprint density at radius 2 is 1.70 bits per heavy atom. The highest BCUT2D eigenvalue weighted by Crippen LogP contribution is 2.22. The van der Waals surface area contributed by atoms with Crippen LogP contribution in [0.3, 0.4) is 0 Å². The normalized spacial score (nSPS) is 16.2. The standard InChI is InChI=1S/C16H24N4O2S/c1-9-10(2)17-16(18-11(9)3)23-12(4)14(21)20-15(22)19-13-7-5-6-8-13/h12-13H,5-8H2,1-4H3,(H2,19,20,21,22)/t12-/m1/s1. The summed E-state index contributed by atoms with van der Waals surface area (Å²) in [7, 11) is 0. The van der Waals surface area contributed by atoms with Crippen LogP contribution in [-0.4, -0.2) is 33.2 Å². The molecule has 0 aromatic carbocycles. The Kier molecular flexibility index (Phi) is 5.98. The van der Waals surface area contributed by atoms with Crippen LogP contribution < -0.4 is 10.6 Å². The van der Waals surface area contributed by atoms with Gasteiger partial charge in [-0.2, -0.15) is 0 Å². The Hall–Kier alpha value is -1.63. The van der Waals surface area contributed by atoms with E-state index in [2.05, 4.69) is 20.6 Å². The molecule has 1 heterocycles. The summed E-state index contributed by atoms with van der Waals surface area (Å²) in [4.78, 5) is 32.7.